The second kappa shape index (κ2) is 3.44. The van der Waals surface area contributed by atoms with Crippen LogP contribution in [0.15, 0.2) is 0 Å². The Kier molecular flexibility index (Phi) is 3.51. The predicted octanol–water partition coefficient (Wildman–Crippen LogP) is -0.423. The van der Waals surface area contributed by atoms with E-state index in [4.69, 9.17) is 19.6 Å². The van der Waals surface area contributed by atoms with Gasteiger partial charge >= 0.3 is 15.2 Å². The fourth-order valence-corrected chi connectivity index (χ4v) is 3.09. The van der Waals surface area contributed by atoms with E-state index in [1.54, 1.807) is 0 Å². The Morgan fingerprint density at radius 1 is 1.00 bits per heavy atom. The van der Waals surface area contributed by atoms with Crippen LogP contribution in [0, 0.1) is 0 Å². The largest absolute Gasteiger partial charge is 0.357 e. The molecule has 0 saturated carbocycles. The molecule has 9 heteroatoms. The van der Waals surface area contributed by atoms with Gasteiger partial charge in [-0.3, -0.25) is 14.0 Å². The number of hydrogen-bond acceptors (Lipinski definition) is 3. The fraction of sp³-hybridized carbons (Fsp3) is 1.00. The molecule has 0 aliphatic rings. The van der Waals surface area contributed by atoms with E-state index < -0.39 is 20.2 Å². The topological polar surface area (TPSA) is 118 Å². The molecule has 0 heterocycles. The van der Waals surface area contributed by atoms with Crippen molar-refractivity contribution in [3.63, 3.8) is 0 Å². The summed E-state index contributed by atoms with van der Waals surface area (Å²) in [6.07, 6.45) is 0. The summed E-state index contributed by atoms with van der Waals surface area (Å²) < 4.78 is 21.8. The first-order valence-corrected chi connectivity index (χ1v) is 6.46. The Hall–Kier alpha value is 0.260. The zero-order chi connectivity index (χ0) is 11.1. The van der Waals surface area contributed by atoms with Crippen molar-refractivity contribution in [1.29, 1.82) is 0 Å². The van der Waals surface area contributed by atoms with E-state index in [-0.39, 0.29) is 0 Å². The quantitative estimate of drug-likeness (QED) is 0.488. The van der Waals surface area contributed by atoms with Gasteiger partial charge in [0, 0.05) is 0 Å². The molecule has 0 aromatic rings. The fourth-order valence-electron chi connectivity index (χ4n) is 0.691. The van der Waals surface area contributed by atoms with E-state index in [1.807, 2.05) is 0 Å². The van der Waals surface area contributed by atoms with Crippen molar-refractivity contribution in [2.75, 3.05) is 14.1 Å². The van der Waals surface area contributed by atoms with Gasteiger partial charge in [0.25, 0.3) is 0 Å². The van der Waals surface area contributed by atoms with Crippen molar-refractivity contribution in [2.45, 2.75) is 11.9 Å². The highest BCUT2D eigenvalue weighted by molar-refractivity contribution is 7.72. The Labute approximate surface area is 75.7 Å². The maximum atomic E-state index is 10.9. The van der Waals surface area contributed by atoms with Crippen molar-refractivity contribution in [3.8, 4) is 0 Å². The third-order valence-corrected chi connectivity index (χ3v) is 6.52. The average Bonchev–Trinajstić information content (AvgIpc) is 1.80. The first kappa shape index (κ1) is 13.3. The summed E-state index contributed by atoms with van der Waals surface area (Å²) in [7, 11) is -7.42. The molecule has 0 aromatic heterocycles. The number of rotatable bonds is 3. The molecule has 0 rings (SSSR count). The molecule has 0 spiro atoms. The maximum Gasteiger partial charge on any atom is 0.357 e. The predicted molar refractivity (Wildman–Crippen MR) is 46.2 cm³/mol. The molecule has 0 amide bonds. The van der Waals surface area contributed by atoms with Crippen LogP contribution in [0.25, 0.3) is 0 Å². The number of hydrogen-bond donors (Lipinski definition) is 4. The lowest BCUT2D eigenvalue weighted by molar-refractivity contribution is 0.223. The van der Waals surface area contributed by atoms with E-state index >= 15 is 0 Å². The van der Waals surface area contributed by atoms with Crippen molar-refractivity contribution >= 4 is 15.2 Å². The summed E-state index contributed by atoms with van der Waals surface area (Å²) in [4.78, 5) is 36.1. The Morgan fingerprint density at radius 3 is 1.23 bits per heavy atom. The molecule has 0 unspecified atom stereocenters. The van der Waals surface area contributed by atoms with Crippen LogP contribution in [0.1, 0.15) is 6.92 Å². The standard InChI is InChI=1S/C4H13NO6P2/c1-4(5(2)3,12(6,7)8)13(9,10)11/h1-3H3,(H2,6,7,8)(H2,9,10,11). The highest BCUT2D eigenvalue weighted by Gasteiger charge is 2.58. The van der Waals surface area contributed by atoms with E-state index in [0.717, 1.165) is 11.8 Å². The van der Waals surface area contributed by atoms with Crippen LogP contribution in [0.5, 0.6) is 0 Å². The van der Waals surface area contributed by atoms with Crippen molar-refractivity contribution in [1.82, 2.24) is 4.90 Å². The van der Waals surface area contributed by atoms with Gasteiger partial charge < -0.3 is 19.6 Å². The van der Waals surface area contributed by atoms with Gasteiger partial charge in [-0.05, 0) is 21.0 Å². The molecule has 0 atom stereocenters. The summed E-state index contributed by atoms with van der Waals surface area (Å²) in [5, 5.41) is -2.46. The summed E-state index contributed by atoms with van der Waals surface area (Å²) in [5.74, 6) is 0. The van der Waals surface area contributed by atoms with E-state index in [9.17, 15) is 9.13 Å². The zero-order valence-corrected chi connectivity index (χ0v) is 9.24. The second-order valence-corrected chi connectivity index (χ2v) is 7.22. The third-order valence-electron chi connectivity index (χ3n) is 1.95. The first-order chi connectivity index (χ1) is 5.44. The Balaban J connectivity index is 5.50. The van der Waals surface area contributed by atoms with Gasteiger partial charge in [0.05, 0.1) is 0 Å². The van der Waals surface area contributed by atoms with E-state index in [1.165, 1.54) is 14.1 Å². The van der Waals surface area contributed by atoms with Gasteiger partial charge in [0.2, 0.25) is 5.02 Å². The van der Waals surface area contributed by atoms with Gasteiger partial charge in [0.15, 0.2) is 0 Å². The summed E-state index contributed by atoms with van der Waals surface area (Å²) >= 11 is 0. The zero-order valence-electron chi connectivity index (χ0n) is 7.45. The SMILES string of the molecule is CN(C)C(C)(P(=O)(O)O)P(=O)(O)O. The molecule has 7 nitrogen and oxygen atoms in total. The van der Waals surface area contributed by atoms with Gasteiger partial charge in [-0.1, -0.05) is 0 Å². The molecular formula is C4H13NO6P2. The molecule has 0 aromatic carbocycles. The van der Waals surface area contributed by atoms with Gasteiger partial charge in [0.1, 0.15) is 0 Å². The minimum atomic E-state index is -4.90. The maximum absolute atomic E-state index is 10.9. The van der Waals surface area contributed by atoms with Crippen LogP contribution in [0.2, 0.25) is 0 Å². The second-order valence-electron chi connectivity index (χ2n) is 2.95. The Morgan fingerprint density at radius 2 is 1.23 bits per heavy atom. The van der Waals surface area contributed by atoms with Crippen LogP contribution in [0.4, 0.5) is 0 Å². The smallest absolute Gasteiger partial charge is 0.323 e. The normalized spacial score (nSPS) is 15.1. The van der Waals surface area contributed by atoms with Gasteiger partial charge in [-0.15, -0.1) is 0 Å². The van der Waals surface area contributed by atoms with Crippen molar-refractivity contribution < 1.29 is 28.7 Å². The highest BCUT2D eigenvalue weighted by atomic mass is 31.2. The van der Waals surface area contributed by atoms with Crippen LogP contribution in [0.3, 0.4) is 0 Å². The molecular weight excluding hydrogens is 220 g/mol. The van der Waals surface area contributed by atoms with E-state index in [0.29, 0.717) is 0 Å². The number of nitrogens with zero attached hydrogens (tertiary/aromatic N) is 1. The molecule has 0 aliphatic heterocycles. The minimum Gasteiger partial charge on any atom is -0.323 e. The minimum absolute atomic E-state index is 0.828. The van der Waals surface area contributed by atoms with Crippen molar-refractivity contribution in [3.05, 3.63) is 0 Å². The van der Waals surface area contributed by atoms with Crippen LogP contribution in [-0.2, 0) is 9.13 Å². The molecule has 0 aliphatic carbocycles. The molecule has 0 bridgehead atoms. The average molecular weight is 233 g/mol. The van der Waals surface area contributed by atoms with Crippen LogP contribution in [-0.4, -0.2) is 43.6 Å². The molecule has 13 heavy (non-hydrogen) atoms. The van der Waals surface area contributed by atoms with Crippen LogP contribution < -0.4 is 0 Å². The monoisotopic (exact) mass is 233 g/mol. The Bertz CT molecular complexity index is 254. The molecule has 0 saturated heterocycles. The molecule has 80 valence electrons. The summed E-state index contributed by atoms with van der Waals surface area (Å²) in [6.45, 7) is 0.828. The van der Waals surface area contributed by atoms with Gasteiger partial charge in [-0.25, -0.2) is 0 Å². The summed E-state index contributed by atoms with van der Waals surface area (Å²) in [6, 6.07) is 0. The first-order valence-electron chi connectivity index (χ1n) is 3.23. The van der Waals surface area contributed by atoms with E-state index in [2.05, 4.69) is 0 Å². The lowest BCUT2D eigenvalue weighted by Crippen LogP contribution is -2.40. The molecule has 4 N–H and O–H groups in total. The van der Waals surface area contributed by atoms with Gasteiger partial charge in [-0.2, -0.15) is 0 Å². The molecule has 0 fully saturated rings. The highest BCUT2D eigenvalue weighted by Crippen LogP contribution is 2.69. The van der Waals surface area contributed by atoms with Crippen molar-refractivity contribution in [2.24, 2.45) is 0 Å². The third kappa shape index (κ3) is 2.19. The van der Waals surface area contributed by atoms with Crippen LogP contribution >= 0.6 is 15.2 Å². The lowest BCUT2D eigenvalue weighted by atomic mass is 10.6. The summed E-state index contributed by atoms with van der Waals surface area (Å²) in [5.41, 5.74) is 0. The lowest BCUT2D eigenvalue weighted by Gasteiger charge is -2.36. The molecule has 0 radical (unpaired) electrons.